The van der Waals surface area contributed by atoms with E-state index in [1.54, 1.807) is 0 Å². The minimum atomic E-state index is -5.12. The summed E-state index contributed by atoms with van der Waals surface area (Å²) in [5, 5.41) is 15.4. The largest absolute Gasteiger partial charge is 0.413 e. The smallest absolute Gasteiger partial charge is 0.370 e. The Kier molecular flexibility index (Phi) is 7.40. The third-order valence-corrected chi connectivity index (χ3v) is 4.61. The van der Waals surface area contributed by atoms with Crippen LogP contribution in [-0.2, 0) is 24.4 Å². The van der Waals surface area contributed by atoms with E-state index in [2.05, 4.69) is 34.5 Å². The van der Waals surface area contributed by atoms with Gasteiger partial charge in [-0.1, -0.05) is 0 Å². The number of azo groups is 1. The van der Waals surface area contributed by atoms with Crippen LogP contribution in [0.1, 0.15) is 27.7 Å². The Balaban J connectivity index is 0.000000345. The molecule has 0 radical (unpaired) electrons. The Morgan fingerprint density at radius 1 is 0.852 bits per heavy atom. The van der Waals surface area contributed by atoms with Crippen molar-refractivity contribution < 1.29 is 29.6 Å². The van der Waals surface area contributed by atoms with Gasteiger partial charge in [-0.3, -0.25) is 19.1 Å². The zero-order chi connectivity index (χ0) is 20.9. The van der Waals surface area contributed by atoms with Crippen LogP contribution in [-0.4, -0.2) is 74.9 Å². The molecule has 2 heterocycles. The van der Waals surface area contributed by atoms with Crippen LogP contribution in [0.25, 0.3) is 0 Å². The van der Waals surface area contributed by atoms with Gasteiger partial charge in [-0.25, -0.2) is 0 Å². The van der Waals surface area contributed by atoms with Gasteiger partial charge in [0.25, 0.3) is 0 Å². The third-order valence-electron chi connectivity index (χ3n) is 3.23. The van der Waals surface area contributed by atoms with E-state index in [1.165, 1.54) is 0 Å². The van der Waals surface area contributed by atoms with E-state index < -0.39 is 31.9 Å². The zero-order valence-electron chi connectivity index (χ0n) is 15.4. The average molecular weight is 428 g/mol. The normalized spacial score (nSPS) is 18.3. The molecule has 0 spiro atoms. The summed E-state index contributed by atoms with van der Waals surface area (Å²) in [6.07, 6.45) is 0. The van der Waals surface area contributed by atoms with Crippen LogP contribution in [0.3, 0.4) is 0 Å². The van der Waals surface area contributed by atoms with Gasteiger partial charge in [0, 0.05) is 13.1 Å². The molecule has 0 atom stereocenters. The van der Waals surface area contributed by atoms with Crippen LogP contribution < -0.4 is 10.6 Å². The summed E-state index contributed by atoms with van der Waals surface area (Å²) in [5.74, 6) is 1.84. The molecule has 0 aromatic carbocycles. The quantitative estimate of drug-likeness (QED) is 0.322. The summed E-state index contributed by atoms with van der Waals surface area (Å²) < 4.78 is 55.6. The van der Waals surface area contributed by atoms with Gasteiger partial charge in [0.15, 0.2) is 0 Å². The number of hydrogen-bond acceptors (Lipinski definition) is 11. The number of nitrogens with one attached hydrogen (secondary N) is 2. The van der Waals surface area contributed by atoms with Crippen molar-refractivity contribution in [2.24, 2.45) is 20.2 Å². The van der Waals surface area contributed by atoms with Crippen LogP contribution in [0.4, 0.5) is 0 Å². The Morgan fingerprint density at radius 3 is 1.37 bits per heavy atom. The topological polar surface area (TPSA) is 191 Å². The number of hydrogen-bond donors (Lipinski definition) is 4. The van der Waals surface area contributed by atoms with Crippen LogP contribution >= 0.6 is 0 Å². The minimum Gasteiger partial charge on any atom is -0.370 e. The summed E-state index contributed by atoms with van der Waals surface area (Å²) >= 11 is 0. The molecule has 0 fully saturated rings. The van der Waals surface area contributed by atoms with Gasteiger partial charge >= 0.3 is 20.8 Å². The highest BCUT2D eigenvalue weighted by atomic mass is 32.3. The van der Waals surface area contributed by atoms with Gasteiger partial charge in [0.1, 0.15) is 22.7 Å². The molecule has 0 aliphatic carbocycles. The Bertz CT molecular complexity index is 762. The van der Waals surface area contributed by atoms with Crippen molar-refractivity contribution in [1.29, 1.82) is 0 Å². The molecule has 0 bridgehead atoms. The van der Waals surface area contributed by atoms with Gasteiger partial charge in [-0.15, -0.1) is 3.63 Å². The molecule has 156 valence electrons. The lowest BCUT2D eigenvalue weighted by Crippen LogP contribution is -2.41. The van der Waals surface area contributed by atoms with Crippen molar-refractivity contribution in [3.63, 3.8) is 0 Å². The molecule has 27 heavy (non-hydrogen) atoms. The second kappa shape index (κ2) is 8.55. The molecule has 2 rings (SSSR count). The highest BCUT2D eigenvalue weighted by Gasteiger charge is 2.31. The van der Waals surface area contributed by atoms with Crippen LogP contribution in [0.2, 0.25) is 0 Å². The summed E-state index contributed by atoms with van der Waals surface area (Å²) in [6, 6.07) is 0. The summed E-state index contributed by atoms with van der Waals surface area (Å²) in [5.41, 5.74) is -0.792. The van der Waals surface area contributed by atoms with E-state index in [9.17, 15) is 16.8 Å². The predicted molar refractivity (Wildman–Crippen MR) is 97.8 cm³/mol. The van der Waals surface area contributed by atoms with Gasteiger partial charge in [-0.05, 0) is 27.7 Å². The zero-order valence-corrected chi connectivity index (χ0v) is 17.0. The first kappa shape index (κ1) is 23.4. The first-order valence-electron chi connectivity index (χ1n) is 7.80. The highest BCUT2D eigenvalue weighted by Crippen LogP contribution is 2.19. The molecule has 0 saturated heterocycles. The van der Waals surface area contributed by atoms with E-state index in [0.29, 0.717) is 0 Å². The van der Waals surface area contributed by atoms with Crippen molar-refractivity contribution in [2.45, 2.75) is 38.8 Å². The molecule has 0 amide bonds. The molecule has 0 aromatic heterocycles. The second-order valence-corrected chi connectivity index (χ2v) is 8.81. The monoisotopic (exact) mass is 428 g/mol. The molecular weight excluding hydrogens is 404 g/mol. The molecule has 13 nitrogen and oxygen atoms in total. The molecule has 2 aliphatic heterocycles. The lowest BCUT2D eigenvalue weighted by atomic mass is 10.0. The van der Waals surface area contributed by atoms with Crippen molar-refractivity contribution in [3.8, 4) is 0 Å². The van der Waals surface area contributed by atoms with Crippen molar-refractivity contribution in [2.75, 3.05) is 26.2 Å². The van der Waals surface area contributed by atoms with E-state index in [0.717, 1.165) is 37.9 Å². The number of nitrogens with zero attached hydrogens (tertiary/aromatic N) is 4. The maximum Gasteiger partial charge on any atom is 0.413 e. The fourth-order valence-corrected chi connectivity index (χ4v) is 2.94. The molecular formula is C12H24N6O7S2. The third kappa shape index (κ3) is 8.70. The molecule has 4 N–H and O–H groups in total. The highest BCUT2D eigenvalue weighted by molar-refractivity contribution is 7.94. The number of aliphatic imine (C=N–C) groups is 2. The minimum absolute atomic E-state index is 0.396. The SMILES string of the molecule is CC(C)(/N=N/C(C)(C)C1=NCCN1)C1=NCCN1.O=S(=O)(O)OS(=O)(=O)O. The summed E-state index contributed by atoms with van der Waals surface area (Å²) in [7, 11) is -10.2. The lowest BCUT2D eigenvalue weighted by Gasteiger charge is -2.23. The number of rotatable bonds is 6. The number of amidine groups is 2. The summed E-state index contributed by atoms with van der Waals surface area (Å²) in [4.78, 5) is 8.82. The Labute approximate surface area is 158 Å². The first-order valence-corrected chi connectivity index (χ1v) is 10.5. The van der Waals surface area contributed by atoms with E-state index >= 15 is 0 Å². The van der Waals surface area contributed by atoms with Gasteiger partial charge in [0.2, 0.25) is 0 Å². The molecule has 15 heteroatoms. The van der Waals surface area contributed by atoms with Gasteiger partial charge in [0.05, 0.1) is 13.1 Å². The predicted octanol–water partition coefficient (Wildman–Crippen LogP) is -0.392. The molecule has 0 unspecified atom stereocenters. The van der Waals surface area contributed by atoms with Crippen molar-refractivity contribution in [1.82, 2.24) is 10.6 Å². The average Bonchev–Trinajstić information content (AvgIpc) is 3.15. The fraction of sp³-hybridized carbons (Fsp3) is 0.833. The molecule has 2 aliphatic rings. The van der Waals surface area contributed by atoms with E-state index in [1.807, 2.05) is 27.7 Å². The van der Waals surface area contributed by atoms with E-state index in [-0.39, 0.29) is 0 Å². The van der Waals surface area contributed by atoms with Crippen LogP contribution in [0, 0.1) is 0 Å². The first-order chi connectivity index (χ1) is 12.1. The van der Waals surface area contributed by atoms with Gasteiger partial charge < -0.3 is 10.6 Å². The fourth-order valence-electron chi connectivity index (χ4n) is 2.07. The van der Waals surface area contributed by atoms with Crippen molar-refractivity contribution in [3.05, 3.63) is 0 Å². The second-order valence-electron chi connectivity index (χ2n) is 6.56. The molecule has 0 saturated carbocycles. The Hall–Kier alpha value is -1.68. The van der Waals surface area contributed by atoms with Crippen molar-refractivity contribution >= 4 is 32.5 Å². The maximum atomic E-state index is 9.44. The summed E-state index contributed by atoms with van der Waals surface area (Å²) in [6.45, 7) is 11.5. The van der Waals surface area contributed by atoms with Crippen LogP contribution in [0.5, 0.6) is 0 Å². The van der Waals surface area contributed by atoms with Gasteiger partial charge in [-0.2, -0.15) is 27.1 Å². The van der Waals surface area contributed by atoms with Crippen LogP contribution in [0.15, 0.2) is 20.2 Å². The standard InChI is InChI=1S/C12H22N6.H2O7S2/c1-11(2,9-13-5-6-14-9)17-18-12(3,4)10-15-7-8-16-10;1-8(2,3)7-9(4,5)6/h5-8H2,1-4H3,(H,13,14)(H,15,16);(H,1,2,3)(H,4,5,6)/b18-17+;. The molecule has 0 aromatic rings. The maximum absolute atomic E-state index is 9.44. The van der Waals surface area contributed by atoms with E-state index in [4.69, 9.17) is 9.11 Å². The Morgan fingerprint density at radius 2 is 1.19 bits per heavy atom. The lowest BCUT2D eigenvalue weighted by molar-refractivity contribution is 0.344.